The third kappa shape index (κ3) is 6.71. The first-order chi connectivity index (χ1) is 9.29. The summed E-state index contributed by atoms with van der Waals surface area (Å²) in [5, 5.41) is 6.47. The quantitative estimate of drug-likeness (QED) is 0.787. The molecule has 2 atom stereocenters. The third-order valence-corrected chi connectivity index (χ3v) is 3.83. The lowest BCUT2D eigenvalue weighted by atomic mass is 9.82. The zero-order valence-corrected chi connectivity index (χ0v) is 13.8. The van der Waals surface area contributed by atoms with Gasteiger partial charge in [0.25, 0.3) is 0 Å². The second-order valence-corrected chi connectivity index (χ2v) is 7.36. The van der Waals surface area contributed by atoms with Crippen LogP contribution in [0.25, 0.3) is 0 Å². The standard InChI is InChI=1S/C16H32N2O2/c1-12(2)6-7-14(16(3,4)5)18-15(19)10-13-11-17-8-9-20-13/h12-14,17H,6-11H2,1-5H3,(H,18,19). The zero-order valence-electron chi connectivity index (χ0n) is 13.8. The number of carbonyl (C=O) groups is 1. The predicted molar refractivity (Wildman–Crippen MR) is 82.7 cm³/mol. The van der Waals surface area contributed by atoms with Crippen LogP contribution in [0.1, 0.15) is 53.9 Å². The van der Waals surface area contributed by atoms with Crippen LogP contribution in [0.3, 0.4) is 0 Å². The molecule has 0 aromatic carbocycles. The molecule has 1 fully saturated rings. The Bertz CT molecular complexity index is 291. The highest BCUT2D eigenvalue weighted by Crippen LogP contribution is 2.24. The smallest absolute Gasteiger partial charge is 0.222 e. The fraction of sp³-hybridized carbons (Fsp3) is 0.938. The van der Waals surface area contributed by atoms with Crippen molar-refractivity contribution in [2.45, 2.75) is 66.0 Å². The van der Waals surface area contributed by atoms with Gasteiger partial charge in [0.15, 0.2) is 0 Å². The average molecular weight is 284 g/mol. The molecule has 0 saturated carbocycles. The van der Waals surface area contributed by atoms with Crippen LogP contribution < -0.4 is 10.6 Å². The molecule has 1 rings (SSSR count). The van der Waals surface area contributed by atoms with E-state index in [1.165, 1.54) is 0 Å². The first kappa shape index (κ1) is 17.4. The van der Waals surface area contributed by atoms with Gasteiger partial charge in [-0.15, -0.1) is 0 Å². The van der Waals surface area contributed by atoms with E-state index >= 15 is 0 Å². The summed E-state index contributed by atoms with van der Waals surface area (Å²) < 4.78 is 5.59. The second-order valence-electron chi connectivity index (χ2n) is 7.36. The molecular weight excluding hydrogens is 252 g/mol. The van der Waals surface area contributed by atoms with Crippen molar-refractivity contribution in [1.82, 2.24) is 10.6 Å². The van der Waals surface area contributed by atoms with Gasteiger partial charge in [0.2, 0.25) is 5.91 Å². The molecule has 1 amide bonds. The lowest BCUT2D eigenvalue weighted by Gasteiger charge is -2.33. The molecule has 2 N–H and O–H groups in total. The van der Waals surface area contributed by atoms with E-state index in [-0.39, 0.29) is 23.5 Å². The van der Waals surface area contributed by atoms with Crippen LogP contribution in [-0.4, -0.2) is 37.7 Å². The number of morpholine rings is 1. The molecule has 1 aliphatic rings. The fourth-order valence-corrected chi connectivity index (χ4v) is 2.43. The Balaban J connectivity index is 2.44. The summed E-state index contributed by atoms with van der Waals surface area (Å²) in [6.07, 6.45) is 2.66. The van der Waals surface area contributed by atoms with Gasteiger partial charge < -0.3 is 15.4 Å². The third-order valence-electron chi connectivity index (χ3n) is 3.83. The molecule has 1 aliphatic heterocycles. The highest BCUT2D eigenvalue weighted by atomic mass is 16.5. The normalized spacial score (nSPS) is 21.8. The van der Waals surface area contributed by atoms with Crippen molar-refractivity contribution in [1.29, 1.82) is 0 Å². The molecule has 0 radical (unpaired) electrons. The lowest BCUT2D eigenvalue weighted by molar-refractivity contribution is -0.126. The van der Waals surface area contributed by atoms with Crippen molar-refractivity contribution in [3.8, 4) is 0 Å². The molecule has 4 nitrogen and oxygen atoms in total. The Morgan fingerprint density at radius 2 is 2.05 bits per heavy atom. The van der Waals surface area contributed by atoms with Gasteiger partial charge in [0.1, 0.15) is 0 Å². The Morgan fingerprint density at radius 1 is 1.35 bits per heavy atom. The maximum Gasteiger partial charge on any atom is 0.222 e. The molecule has 20 heavy (non-hydrogen) atoms. The van der Waals surface area contributed by atoms with E-state index in [2.05, 4.69) is 45.3 Å². The molecule has 1 saturated heterocycles. The molecule has 4 heteroatoms. The van der Waals surface area contributed by atoms with Gasteiger partial charge in [0, 0.05) is 19.1 Å². The highest BCUT2D eigenvalue weighted by Gasteiger charge is 2.27. The fourth-order valence-electron chi connectivity index (χ4n) is 2.43. The Labute approximate surface area is 124 Å². The number of rotatable bonds is 6. The minimum absolute atomic E-state index is 0.0227. The molecule has 0 aliphatic carbocycles. The number of hydrogen-bond acceptors (Lipinski definition) is 3. The minimum Gasteiger partial charge on any atom is -0.375 e. The van der Waals surface area contributed by atoms with Gasteiger partial charge in [-0.2, -0.15) is 0 Å². The van der Waals surface area contributed by atoms with Crippen molar-refractivity contribution >= 4 is 5.91 Å². The van der Waals surface area contributed by atoms with E-state index in [1.54, 1.807) is 0 Å². The number of ether oxygens (including phenoxy) is 1. The van der Waals surface area contributed by atoms with Crippen LogP contribution in [0.5, 0.6) is 0 Å². The summed E-state index contributed by atoms with van der Waals surface area (Å²) in [6, 6.07) is 0.231. The predicted octanol–water partition coefficient (Wildman–Crippen LogP) is 2.33. The van der Waals surface area contributed by atoms with E-state index in [4.69, 9.17) is 4.74 Å². The molecule has 0 spiro atoms. The van der Waals surface area contributed by atoms with Crippen molar-refractivity contribution in [3.05, 3.63) is 0 Å². The number of nitrogens with one attached hydrogen (secondary N) is 2. The van der Waals surface area contributed by atoms with Gasteiger partial charge in [0.05, 0.1) is 19.1 Å². The first-order valence-electron chi connectivity index (χ1n) is 7.90. The van der Waals surface area contributed by atoms with E-state index in [0.29, 0.717) is 18.9 Å². The van der Waals surface area contributed by atoms with Crippen LogP contribution in [-0.2, 0) is 9.53 Å². The minimum atomic E-state index is 0.0227. The summed E-state index contributed by atoms with van der Waals surface area (Å²) in [5.74, 6) is 0.782. The number of hydrogen-bond donors (Lipinski definition) is 2. The zero-order chi connectivity index (χ0) is 15.2. The van der Waals surface area contributed by atoms with Crippen LogP contribution in [0.4, 0.5) is 0 Å². The molecule has 0 bridgehead atoms. The van der Waals surface area contributed by atoms with Crippen molar-refractivity contribution < 1.29 is 9.53 Å². The lowest BCUT2D eigenvalue weighted by Crippen LogP contribution is -2.47. The molecule has 0 aromatic rings. The van der Waals surface area contributed by atoms with Gasteiger partial charge in [-0.3, -0.25) is 4.79 Å². The van der Waals surface area contributed by atoms with Gasteiger partial charge >= 0.3 is 0 Å². The van der Waals surface area contributed by atoms with E-state index in [9.17, 15) is 4.79 Å². The molecule has 1 heterocycles. The Kier molecular flexibility index (Phi) is 6.96. The molecule has 118 valence electrons. The monoisotopic (exact) mass is 284 g/mol. The molecular formula is C16H32N2O2. The molecule has 2 unspecified atom stereocenters. The van der Waals surface area contributed by atoms with Crippen molar-refractivity contribution in [2.24, 2.45) is 11.3 Å². The van der Waals surface area contributed by atoms with Gasteiger partial charge in [-0.05, 0) is 24.2 Å². The van der Waals surface area contributed by atoms with Gasteiger partial charge in [-0.25, -0.2) is 0 Å². The highest BCUT2D eigenvalue weighted by molar-refractivity contribution is 5.76. The average Bonchev–Trinajstić information content (AvgIpc) is 2.34. The Morgan fingerprint density at radius 3 is 2.55 bits per heavy atom. The van der Waals surface area contributed by atoms with E-state index < -0.39 is 0 Å². The topological polar surface area (TPSA) is 50.4 Å². The maximum atomic E-state index is 12.2. The SMILES string of the molecule is CC(C)CCC(NC(=O)CC1CNCCO1)C(C)(C)C. The molecule has 0 aromatic heterocycles. The van der Waals surface area contributed by atoms with E-state index in [0.717, 1.165) is 25.9 Å². The van der Waals surface area contributed by atoms with Crippen LogP contribution >= 0.6 is 0 Å². The first-order valence-corrected chi connectivity index (χ1v) is 7.90. The Hall–Kier alpha value is -0.610. The van der Waals surface area contributed by atoms with Crippen molar-refractivity contribution in [2.75, 3.05) is 19.7 Å². The second kappa shape index (κ2) is 7.99. The van der Waals surface area contributed by atoms with Crippen LogP contribution in [0.15, 0.2) is 0 Å². The van der Waals surface area contributed by atoms with Gasteiger partial charge in [-0.1, -0.05) is 34.6 Å². The summed E-state index contributed by atoms with van der Waals surface area (Å²) in [6.45, 7) is 13.4. The summed E-state index contributed by atoms with van der Waals surface area (Å²) in [4.78, 5) is 12.2. The summed E-state index contributed by atoms with van der Waals surface area (Å²) in [5.41, 5.74) is 0.0935. The summed E-state index contributed by atoms with van der Waals surface area (Å²) in [7, 11) is 0. The summed E-state index contributed by atoms with van der Waals surface area (Å²) >= 11 is 0. The maximum absolute atomic E-state index is 12.2. The largest absolute Gasteiger partial charge is 0.375 e. The van der Waals surface area contributed by atoms with Crippen LogP contribution in [0.2, 0.25) is 0 Å². The number of amides is 1. The van der Waals surface area contributed by atoms with E-state index in [1.807, 2.05) is 0 Å². The van der Waals surface area contributed by atoms with Crippen molar-refractivity contribution in [3.63, 3.8) is 0 Å². The number of carbonyl (C=O) groups excluding carboxylic acids is 1. The van der Waals surface area contributed by atoms with Crippen LogP contribution in [0, 0.1) is 11.3 Å².